The van der Waals surface area contributed by atoms with Crippen LogP contribution >= 0.6 is 0 Å². The van der Waals surface area contributed by atoms with Gasteiger partial charge in [-0.3, -0.25) is 9.59 Å². The Labute approximate surface area is 226 Å². The summed E-state index contributed by atoms with van der Waals surface area (Å²) < 4.78 is 22.2. The molecule has 4 rings (SSSR count). The van der Waals surface area contributed by atoms with E-state index < -0.39 is 11.8 Å². The Morgan fingerprint density at radius 1 is 0.821 bits per heavy atom. The first kappa shape index (κ1) is 27.0. The van der Waals surface area contributed by atoms with E-state index in [1.54, 1.807) is 36.4 Å². The van der Waals surface area contributed by atoms with Gasteiger partial charge >= 0.3 is 11.8 Å². The largest absolute Gasteiger partial charge is 0.497 e. The lowest BCUT2D eigenvalue weighted by Crippen LogP contribution is -2.32. The standard InChI is InChI=1S/C30H29N3O6/c1-4-38-28-16-20(12-14-27(28)39-19-22-10-7-9-21-8-5-6-11-24(21)22)18-31-33-30(35)29(34)32-25-17-23(36-2)13-15-26(25)37-3/h5-18H,4,19H2,1-3H3,(H,32,34)(H,33,35)/b31-18+. The summed E-state index contributed by atoms with van der Waals surface area (Å²) in [6.45, 7) is 2.69. The van der Waals surface area contributed by atoms with E-state index in [9.17, 15) is 9.59 Å². The minimum absolute atomic E-state index is 0.293. The van der Waals surface area contributed by atoms with Gasteiger partial charge in [-0.1, -0.05) is 42.5 Å². The van der Waals surface area contributed by atoms with Gasteiger partial charge in [0.25, 0.3) is 0 Å². The van der Waals surface area contributed by atoms with Crippen molar-refractivity contribution in [3.63, 3.8) is 0 Å². The number of hydrogen-bond donors (Lipinski definition) is 2. The van der Waals surface area contributed by atoms with Crippen LogP contribution in [-0.2, 0) is 16.2 Å². The number of hydrazone groups is 1. The van der Waals surface area contributed by atoms with Crippen molar-refractivity contribution in [3.8, 4) is 23.0 Å². The first-order valence-corrected chi connectivity index (χ1v) is 12.2. The lowest BCUT2D eigenvalue weighted by Gasteiger charge is -2.13. The molecule has 0 heterocycles. The molecule has 200 valence electrons. The quantitative estimate of drug-likeness (QED) is 0.172. The zero-order valence-corrected chi connectivity index (χ0v) is 21.9. The Morgan fingerprint density at radius 2 is 1.62 bits per heavy atom. The van der Waals surface area contributed by atoms with Crippen molar-refractivity contribution in [2.75, 3.05) is 26.1 Å². The third-order valence-corrected chi connectivity index (χ3v) is 5.77. The van der Waals surface area contributed by atoms with Gasteiger partial charge < -0.3 is 24.3 Å². The van der Waals surface area contributed by atoms with Crippen molar-refractivity contribution < 1.29 is 28.5 Å². The molecule has 0 spiro atoms. The fourth-order valence-corrected chi connectivity index (χ4v) is 3.87. The summed E-state index contributed by atoms with van der Waals surface area (Å²) in [4.78, 5) is 24.6. The van der Waals surface area contributed by atoms with Gasteiger partial charge in [0.1, 0.15) is 18.1 Å². The molecule has 0 unspecified atom stereocenters. The van der Waals surface area contributed by atoms with E-state index >= 15 is 0 Å². The Hall–Kier alpha value is -5.05. The second kappa shape index (κ2) is 13.0. The molecule has 0 atom stereocenters. The summed E-state index contributed by atoms with van der Waals surface area (Å²) in [5.74, 6) is 0.140. The maximum Gasteiger partial charge on any atom is 0.329 e. The maximum absolute atomic E-state index is 12.3. The van der Waals surface area contributed by atoms with Crippen LogP contribution in [-0.4, -0.2) is 38.9 Å². The number of nitrogens with one attached hydrogen (secondary N) is 2. The molecule has 0 saturated carbocycles. The molecular weight excluding hydrogens is 498 g/mol. The molecule has 0 aromatic heterocycles. The maximum atomic E-state index is 12.3. The average Bonchev–Trinajstić information content (AvgIpc) is 2.96. The van der Waals surface area contributed by atoms with Crippen LogP contribution in [0.2, 0.25) is 0 Å². The number of hydrogen-bond acceptors (Lipinski definition) is 7. The van der Waals surface area contributed by atoms with Crippen molar-refractivity contribution in [2.45, 2.75) is 13.5 Å². The highest BCUT2D eigenvalue weighted by atomic mass is 16.5. The van der Waals surface area contributed by atoms with Crippen molar-refractivity contribution in [1.29, 1.82) is 0 Å². The fourth-order valence-electron chi connectivity index (χ4n) is 3.87. The SMILES string of the molecule is CCOc1cc(/C=N/NC(=O)C(=O)Nc2cc(OC)ccc2OC)ccc1OCc1cccc2ccccc12. The van der Waals surface area contributed by atoms with E-state index in [0.717, 1.165) is 16.3 Å². The highest BCUT2D eigenvalue weighted by Crippen LogP contribution is 2.30. The van der Waals surface area contributed by atoms with Gasteiger partial charge in [0.05, 0.1) is 32.7 Å². The first-order valence-electron chi connectivity index (χ1n) is 12.2. The number of nitrogens with zero attached hydrogens (tertiary/aromatic N) is 1. The number of methoxy groups -OCH3 is 2. The fraction of sp³-hybridized carbons (Fsp3) is 0.167. The summed E-state index contributed by atoms with van der Waals surface area (Å²) >= 11 is 0. The van der Waals surface area contributed by atoms with Gasteiger partial charge in [-0.15, -0.1) is 0 Å². The topological polar surface area (TPSA) is 107 Å². The third kappa shape index (κ3) is 6.84. The number of carbonyl (C=O) groups is 2. The van der Waals surface area contributed by atoms with Crippen LogP contribution in [0.15, 0.2) is 84.0 Å². The minimum atomic E-state index is -0.948. The van der Waals surface area contributed by atoms with Gasteiger partial charge in [0, 0.05) is 6.07 Å². The zero-order valence-electron chi connectivity index (χ0n) is 21.9. The summed E-state index contributed by atoms with van der Waals surface area (Å²) in [6, 6.07) is 24.4. The zero-order chi connectivity index (χ0) is 27.6. The molecule has 4 aromatic rings. The van der Waals surface area contributed by atoms with E-state index in [4.69, 9.17) is 18.9 Å². The Balaban J connectivity index is 1.39. The molecule has 0 radical (unpaired) electrons. The van der Waals surface area contributed by atoms with Crippen LogP contribution in [0.25, 0.3) is 10.8 Å². The molecule has 0 saturated heterocycles. The Bertz CT molecular complexity index is 1500. The van der Waals surface area contributed by atoms with E-state index in [1.165, 1.54) is 20.4 Å². The highest BCUT2D eigenvalue weighted by Gasteiger charge is 2.16. The summed E-state index contributed by atoms with van der Waals surface area (Å²) in [7, 11) is 2.95. The predicted molar refractivity (Wildman–Crippen MR) is 150 cm³/mol. The van der Waals surface area contributed by atoms with Gasteiger partial charge in [0.15, 0.2) is 11.5 Å². The van der Waals surface area contributed by atoms with Crippen molar-refractivity contribution >= 4 is 34.5 Å². The van der Waals surface area contributed by atoms with Crippen LogP contribution in [0.4, 0.5) is 5.69 Å². The Kier molecular flexibility index (Phi) is 8.97. The van der Waals surface area contributed by atoms with E-state index in [2.05, 4.69) is 34.0 Å². The molecule has 0 aliphatic heterocycles. The predicted octanol–water partition coefficient (Wildman–Crippen LogP) is 4.92. The molecule has 0 aliphatic rings. The van der Waals surface area contributed by atoms with Crippen LogP contribution in [0.5, 0.6) is 23.0 Å². The summed E-state index contributed by atoms with van der Waals surface area (Å²) in [6.07, 6.45) is 1.41. The van der Waals surface area contributed by atoms with Gasteiger partial charge in [-0.05, 0) is 59.2 Å². The van der Waals surface area contributed by atoms with E-state index in [1.807, 2.05) is 31.2 Å². The number of ether oxygens (including phenoxy) is 4. The lowest BCUT2D eigenvalue weighted by molar-refractivity contribution is -0.136. The lowest BCUT2D eigenvalue weighted by atomic mass is 10.1. The first-order chi connectivity index (χ1) is 19.0. The van der Waals surface area contributed by atoms with Gasteiger partial charge in [-0.2, -0.15) is 5.10 Å². The normalized spacial score (nSPS) is 10.7. The number of rotatable bonds is 10. The summed E-state index contributed by atoms with van der Waals surface area (Å²) in [5, 5.41) is 8.67. The molecule has 2 amide bonds. The number of fused-ring (bicyclic) bond motifs is 1. The number of amides is 2. The smallest absolute Gasteiger partial charge is 0.329 e. The van der Waals surface area contributed by atoms with Crippen LogP contribution in [0.3, 0.4) is 0 Å². The molecule has 9 heteroatoms. The van der Waals surface area contributed by atoms with Crippen molar-refractivity contribution in [1.82, 2.24) is 5.43 Å². The Morgan fingerprint density at radius 3 is 2.41 bits per heavy atom. The monoisotopic (exact) mass is 527 g/mol. The van der Waals surface area contributed by atoms with Gasteiger partial charge in [0.2, 0.25) is 0 Å². The molecule has 39 heavy (non-hydrogen) atoms. The summed E-state index contributed by atoms with van der Waals surface area (Å²) in [5.41, 5.74) is 4.22. The molecule has 9 nitrogen and oxygen atoms in total. The van der Waals surface area contributed by atoms with E-state index in [0.29, 0.717) is 47.5 Å². The van der Waals surface area contributed by atoms with Crippen LogP contribution in [0.1, 0.15) is 18.1 Å². The molecule has 4 aromatic carbocycles. The number of benzene rings is 4. The number of anilines is 1. The van der Waals surface area contributed by atoms with Crippen molar-refractivity contribution in [3.05, 3.63) is 90.0 Å². The van der Waals surface area contributed by atoms with E-state index in [-0.39, 0.29) is 0 Å². The molecule has 0 aliphatic carbocycles. The molecule has 0 fully saturated rings. The third-order valence-electron chi connectivity index (χ3n) is 5.77. The van der Waals surface area contributed by atoms with Crippen LogP contribution in [0, 0.1) is 0 Å². The minimum Gasteiger partial charge on any atom is -0.497 e. The highest BCUT2D eigenvalue weighted by molar-refractivity contribution is 6.39. The number of carbonyl (C=O) groups excluding carboxylic acids is 2. The molecule has 2 N–H and O–H groups in total. The van der Waals surface area contributed by atoms with Gasteiger partial charge in [-0.25, -0.2) is 5.43 Å². The molecule has 0 bridgehead atoms. The average molecular weight is 528 g/mol. The van der Waals surface area contributed by atoms with Crippen LogP contribution < -0.4 is 29.7 Å². The van der Waals surface area contributed by atoms with Crippen molar-refractivity contribution in [2.24, 2.45) is 5.10 Å². The molecular formula is C30H29N3O6. The second-order valence-corrected chi connectivity index (χ2v) is 8.29. The second-order valence-electron chi connectivity index (χ2n) is 8.29.